The normalized spacial score (nSPS) is 23.5. The summed E-state index contributed by atoms with van der Waals surface area (Å²) in [5.41, 5.74) is 2.60. The van der Waals surface area contributed by atoms with Gasteiger partial charge in [-0.25, -0.2) is 4.39 Å². The van der Waals surface area contributed by atoms with Gasteiger partial charge < -0.3 is 15.2 Å². The predicted molar refractivity (Wildman–Crippen MR) is 120 cm³/mol. The molecule has 1 amide bonds. The van der Waals surface area contributed by atoms with Crippen LogP contribution in [0.4, 0.5) is 4.39 Å². The van der Waals surface area contributed by atoms with Gasteiger partial charge in [-0.1, -0.05) is 29.8 Å². The van der Waals surface area contributed by atoms with Crippen molar-refractivity contribution in [3.63, 3.8) is 0 Å². The molecule has 0 bridgehead atoms. The van der Waals surface area contributed by atoms with Gasteiger partial charge >= 0.3 is 0 Å². The van der Waals surface area contributed by atoms with Crippen LogP contribution in [-0.2, 0) is 9.53 Å². The van der Waals surface area contributed by atoms with Crippen molar-refractivity contribution in [1.82, 2.24) is 5.32 Å². The average molecular weight is 444 g/mol. The van der Waals surface area contributed by atoms with Crippen molar-refractivity contribution in [3.05, 3.63) is 64.1 Å². The molecule has 2 N–H and O–H groups in total. The molecule has 4 nitrogen and oxygen atoms in total. The maximum Gasteiger partial charge on any atom is 0.256 e. The number of ether oxygens (including phenoxy) is 1. The first-order chi connectivity index (χ1) is 14.8. The third-order valence-electron chi connectivity index (χ3n) is 6.72. The van der Waals surface area contributed by atoms with E-state index in [1.165, 1.54) is 12.1 Å². The van der Waals surface area contributed by atoms with Gasteiger partial charge in [-0.2, -0.15) is 0 Å². The molecule has 0 atom stereocenters. The van der Waals surface area contributed by atoms with Crippen molar-refractivity contribution in [1.29, 1.82) is 0 Å². The minimum Gasteiger partial charge on any atom is -0.509 e. The zero-order valence-electron chi connectivity index (χ0n) is 17.8. The van der Waals surface area contributed by atoms with Crippen LogP contribution in [0, 0.1) is 18.7 Å². The lowest BCUT2D eigenvalue weighted by molar-refractivity contribution is -0.116. The second-order valence-electron chi connectivity index (χ2n) is 8.64. The number of carbonyl (C=O) groups excluding carboxylic acids is 1. The molecular formula is C25H27ClFNO3. The molecule has 1 heterocycles. The zero-order chi connectivity index (χ0) is 22.2. The van der Waals surface area contributed by atoms with Crippen LogP contribution in [0.5, 0.6) is 0 Å². The van der Waals surface area contributed by atoms with Crippen LogP contribution in [0.3, 0.4) is 0 Å². The molecule has 2 aromatic rings. The highest BCUT2D eigenvalue weighted by atomic mass is 35.5. The molecule has 6 heteroatoms. The number of nitrogens with one attached hydrogen (secondary N) is 1. The van der Waals surface area contributed by atoms with Crippen LogP contribution in [0.1, 0.15) is 43.2 Å². The third kappa shape index (κ3) is 4.09. The minimum absolute atomic E-state index is 0.0645. The van der Waals surface area contributed by atoms with Gasteiger partial charge in [0.2, 0.25) is 0 Å². The second kappa shape index (κ2) is 8.64. The molecule has 0 aromatic heterocycles. The fraction of sp³-hybridized carbons (Fsp3) is 0.400. The number of aliphatic hydroxyl groups excluding tert-OH is 1. The summed E-state index contributed by atoms with van der Waals surface area (Å²) in [6.45, 7) is 2.64. The Morgan fingerprint density at radius 2 is 1.87 bits per heavy atom. The number of halogens is 2. The molecular weight excluding hydrogens is 417 g/mol. The molecule has 0 unspecified atom stereocenters. The summed E-state index contributed by atoms with van der Waals surface area (Å²) < 4.78 is 19.2. The largest absolute Gasteiger partial charge is 0.509 e. The smallest absolute Gasteiger partial charge is 0.256 e. The number of amides is 1. The maximum atomic E-state index is 14.0. The lowest BCUT2D eigenvalue weighted by Gasteiger charge is -2.37. The molecule has 2 aromatic carbocycles. The Labute approximate surface area is 187 Å². The highest BCUT2D eigenvalue weighted by Gasteiger charge is 2.47. The summed E-state index contributed by atoms with van der Waals surface area (Å²) in [5, 5.41) is 14.4. The Hall–Kier alpha value is -2.37. The molecule has 1 saturated carbocycles. The molecule has 4 rings (SSSR count). The summed E-state index contributed by atoms with van der Waals surface area (Å²) >= 11 is 5.81. The van der Waals surface area contributed by atoms with Gasteiger partial charge in [0.05, 0.1) is 16.1 Å². The fourth-order valence-corrected chi connectivity index (χ4v) is 4.91. The quantitative estimate of drug-likeness (QED) is 0.612. The van der Waals surface area contributed by atoms with Gasteiger partial charge in [0.1, 0.15) is 11.6 Å². The number of benzene rings is 2. The summed E-state index contributed by atoms with van der Waals surface area (Å²) in [4.78, 5) is 13.0. The van der Waals surface area contributed by atoms with Crippen molar-refractivity contribution in [2.75, 3.05) is 13.7 Å². The van der Waals surface area contributed by atoms with E-state index in [0.29, 0.717) is 35.5 Å². The van der Waals surface area contributed by atoms with Crippen molar-refractivity contribution >= 4 is 23.1 Å². The Balaban J connectivity index is 1.67. The molecule has 1 aliphatic carbocycles. The Morgan fingerprint density at radius 3 is 2.55 bits per heavy atom. The van der Waals surface area contributed by atoms with Crippen LogP contribution in [0.25, 0.3) is 16.7 Å². The molecule has 164 valence electrons. The van der Waals surface area contributed by atoms with Gasteiger partial charge in [-0.3, -0.25) is 4.79 Å². The summed E-state index contributed by atoms with van der Waals surface area (Å²) in [7, 11) is 1.71. The van der Waals surface area contributed by atoms with Crippen LogP contribution in [0.15, 0.2) is 42.2 Å². The van der Waals surface area contributed by atoms with E-state index in [-0.39, 0.29) is 16.7 Å². The molecule has 0 saturated heterocycles. The monoisotopic (exact) mass is 443 g/mol. The number of rotatable bonds is 5. The number of aryl methyl sites for hydroxylation is 1. The van der Waals surface area contributed by atoms with Crippen molar-refractivity contribution in [2.45, 2.75) is 44.6 Å². The highest BCUT2D eigenvalue weighted by Crippen LogP contribution is 2.44. The Kier molecular flexibility index (Phi) is 6.09. The number of methoxy groups -OCH3 is 1. The predicted octanol–water partition coefficient (Wildman–Crippen LogP) is 5.82. The van der Waals surface area contributed by atoms with Crippen LogP contribution >= 0.6 is 11.6 Å². The standard InChI is InChI=1S/C25H27ClFNO3/c1-15-3-4-17(18-5-6-20(26)21(27)14-18)13-19(15)22-23(29)25(28-24(22)30)10-7-16(8-11-25)9-12-31-2/h3-6,13-14,16,29H,7-12H2,1-2H3,(H,28,30). The maximum absolute atomic E-state index is 14.0. The van der Waals surface area contributed by atoms with E-state index in [1.54, 1.807) is 13.2 Å². The summed E-state index contributed by atoms with van der Waals surface area (Å²) in [5.74, 6) is -0.0732. The molecule has 0 radical (unpaired) electrons. The number of hydrogen-bond acceptors (Lipinski definition) is 3. The van der Waals surface area contributed by atoms with Gasteiger partial charge in [0.25, 0.3) is 5.91 Å². The molecule has 1 aliphatic heterocycles. The third-order valence-corrected chi connectivity index (χ3v) is 7.03. The fourth-order valence-electron chi connectivity index (χ4n) is 4.79. The Morgan fingerprint density at radius 1 is 1.19 bits per heavy atom. The Bertz CT molecular complexity index is 1040. The van der Waals surface area contributed by atoms with Crippen molar-refractivity contribution < 1.29 is 19.0 Å². The van der Waals surface area contributed by atoms with Gasteiger partial charge in [-0.15, -0.1) is 0 Å². The number of aliphatic hydroxyl groups is 1. The molecule has 31 heavy (non-hydrogen) atoms. The van der Waals surface area contributed by atoms with Gasteiger partial charge in [0.15, 0.2) is 0 Å². The molecule has 2 aliphatic rings. The van der Waals surface area contributed by atoms with Gasteiger partial charge in [-0.05, 0) is 85.4 Å². The van der Waals surface area contributed by atoms with E-state index < -0.39 is 11.4 Å². The second-order valence-corrected chi connectivity index (χ2v) is 9.05. The van der Waals surface area contributed by atoms with Crippen LogP contribution in [-0.4, -0.2) is 30.3 Å². The summed E-state index contributed by atoms with van der Waals surface area (Å²) in [6.07, 6.45) is 4.29. The van der Waals surface area contributed by atoms with Gasteiger partial charge in [0, 0.05) is 13.7 Å². The van der Waals surface area contributed by atoms with E-state index in [1.807, 2.05) is 25.1 Å². The molecule has 1 fully saturated rings. The lowest BCUT2D eigenvalue weighted by Crippen LogP contribution is -2.47. The van der Waals surface area contributed by atoms with E-state index in [4.69, 9.17) is 16.3 Å². The minimum atomic E-state index is -0.690. The van der Waals surface area contributed by atoms with Crippen molar-refractivity contribution in [3.8, 4) is 11.1 Å². The van der Waals surface area contributed by atoms with E-state index >= 15 is 0 Å². The first kappa shape index (κ1) is 21.8. The average Bonchev–Trinajstić information content (AvgIpc) is 2.99. The van der Waals surface area contributed by atoms with E-state index in [0.717, 1.165) is 37.0 Å². The topological polar surface area (TPSA) is 58.6 Å². The number of carbonyl (C=O) groups is 1. The molecule has 1 spiro atoms. The van der Waals surface area contributed by atoms with Crippen LogP contribution < -0.4 is 5.32 Å². The van der Waals surface area contributed by atoms with E-state index in [2.05, 4.69) is 5.32 Å². The first-order valence-corrected chi connectivity index (χ1v) is 11.0. The van der Waals surface area contributed by atoms with Crippen molar-refractivity contribution in [2.24, 2.45) is 5.92 Å². The highest BCUT2D eigenvalue weighted by molar-refractivity contribution is 6.30. The lowest BCUT2D eigenvalue weighted by atomic mass is 9.74. The van der Waals surface area contributed by atoms with E-state index in [9.17, 15) is 14.3 Å². The van der Waals surface area contributed by atoms with Crippen LogP contribution in [0.2, 0.25) is 5.02 Å². The zero-order valence-corrected chi connectivity index (χ0v) is 18.6. The SMILES string of the molecule is COCCC1CCC2(CC1)NC(=O)C(c1cc(-c3ccc(Cl)c(F)c3)ccc1C)=C2O. The first-order valence-electron chi connectivity index (χ1n) is 10.7. The summed E-state index contributed by atoms with van der Waals surface area (Å²) in [6, 6.07) is 10.2. The number of hydrogen-bond donors (Lipinski definition) is 2.